The van der Waals surface area contributed by atoms with E-state index in [1.165, 1.54) is 0 Å². The van der Waals surface area contributed by atoms with Crippen LogP contribution in [0.5, 0.6) is 0 Å². The Morgan fingerprint density at radius 1 is 1.27 bits per heavy atom. The second-order valence-electron chi connectivity index (χ2n) is 7.08. The normalized spacial score (nSPS) is 51.2. The van der Waals surface area contributed by atoms with E-state index < -0.39 is 17.9 Å². The standard InChI is InChI=1S/C17H18O5/c1-16-12-10(14(18)20-16)7-11-13(12)17(22-16,21-15(11)19)8-9-5-3-2-4-6-9/h2-6,10-13,15,19H,7-8H2,1H3/t10-,11+,12+,13+,15+,16+,17-/m0/s1. The van der Waals surface area contributed by atoms with E-state index in [2.05, 4.69) is 0 Å². The van der Waals surface area contributed by atoms with Crippen LogP contribution in [0.25, 0.3) is 0 Å². The Balaban J connectivity index is 1.58. The molecule has 1 saturated carbocycles. The first kappa shape index (κ1) is 13.0. The zero-order chi connectivity index (χ0) is 15.1. The highest BCUT2D eigenvalue weighted by molar-refractivity contribution is 5.77. The van der Waals surface area contributed by atoms with Crippen molar-refractivity contribution in [2.45, 2.75) is 37.6 Å². The van der Waals surface area contributed by atoms with Crippen LogP contribution < -0.4 is 0 Å². The van der Waals surface area contributed by atoms with E-state index in [-0.39, 0.29) is 29.6 Å². The molecule has 116 valence electrons. The fraction of sp³-hybridized carbons (Fsp3) is 0.588. The topological polar surface area (TPSA) is 65.0 Å². The van der Waals surface area contributed by atoms with Crippen LogP contribution in [0.15, 0.2) is 30.3 Å². The summed E-state index contributed by atoms with van der Waals surface area (Å²) in [5.41, 5.74) is 1.09. The van der Waals surface area contributed by atoms with E-state index in [0.717, 1.165) is 5.56 Å². The molecule has 0 aromatic heterocycles. The second-order valence-corrected chi connectivity index (χ2v) is 7.08. The zero-order valence-electron chi connectivity index (χ0n) is 12.3. The molecule has 0 radical (unpaired) electrons. The predicted octanol–water partition coefficient (Wildman–Crippen LogP) is 1.45. The Labute approximate surface area is 128 Å². The fourth-order valence-corrected chi connectivity index (χ4v) is 5.24. The van der Waals surface area contributed by atoms with E-state index in [1.54, 1.807) is 0 Å². The van der Waals surface area contributed by atoms with Gasteiger partial charge in [0.1, 0.15) is 0 Å². The van der Waals surface area contributed by atoms with Gasteiger partial charge in [-0.1, -0.05) is 30.3 Å². The molecule has 4 aliphatic rings. The molecule has 5 rings (SSSR count). The highest BCUT2D eigenvalue weighted by Gasteiger charge is 2.78. The number of ether oxygens (including phenoxy) is 3. The van der Waals surface area contributed by atoms with Gasteiger partial charge in [-0.2, -0.15) is 0 Å². The van der Waals surface area contributed by atoms with Gasteiger partial charge in [-0.15, -0.1) is 0 Å². The molecule has 3 heterocycles. The summed E-state index contributed by atoms with van der Waals surface area (Å²) in [4.78, 5) is 12.1. The van der Waals surface area contributed by atoms with Gasteiger partial charge in [0, 0.05) is 31.1 Å². The van der Waals surface area contributed by atoms with Gasteiger partial charge in [0.05, 0.1) is 5.92 Å². The summed E-state index contributed by atoms with van der Waals surface area (Å²) >= 11 is 0. The van der Waals surface area contributed by atoms with Crippen LogP contribution in [0, 0.1) is 23.7 Å². The maximum atomic E-state index is 12.1. The molecule has 0 amide bonds. The monoisotopic (exact) mass is 302 g/mol. The highest BCUT2D eigenvalue weighted by Crippen LogP contribution is 2.68. The van der Waals surface area contributed by atoms with Gasteiger partial charge in [0.15, 0.2) is 12.1 Å². The largest absolute Gasteiger partial charge is 0.433 e. The van der Waals surface area contributed by atoms with E-state index in [4.69, 9.17) is 14.2 Å². The van der Waals surface area contributed by atoms with Crippen molar-refractivity contribution in [1.29, 1.82) is 0 Å². The van der Waals surface area contributed by atoms with Crippen LogP contribution in [0.1, 0.15) is 18.9 Å². The third kappa shape index (κ3) is 1.42. The van der Waals surface area contributed by atoms with Crippen LogP contribution in [0.2, 0.25) is 0 Å². The van der Waals surface area contributed by atoms with Gasteiger partial charge in [0.25, 0.3) is 0 Å². The van der Waals surface area contributed by atoms with Gasteiger partial charge in [-0.05, 0) is 12.0 Å². The summed E-state index contributed by atoms with van der Waals surface area (Å²) in [6.07, 6.45) is 0.324. The summed E-state index contributed by atoms with van der Waals surface area (Å²) < 4.78 is 17.6. The Kier molecular flexibility index (Phi) is 2.32. The molecule has 3 saturated heterocycles. The lowest BCUT2D eigenvalue weighted by Gasteiger charge is -2.31. The van der Waals surface area contributed by atoms with Crippen molar-refractivity contribution in [3.63, 3.8) is 0 Å². The minimum atomic E-state index is -0.921. The number of aliphatic hydroxyl groups is 1. The lowest BCUT2D eigenvalue weighted by molar-refractivity contribution is -0.321. The van der Waals surface area contributed by atoms with Crippen molar-refractivity contribution in [2.75, 3.05) is 0 Å². The van der Waals surface area contributed by atoms with Gasteiger partial charge in [0.2, 0.25) is 5.79 Å². The Morgan fingerprint density at radius 2 is 2.05 bits per heavy atom. The molecular weight excluding hydrogens is 284 g/mol. The molecule has 1 aromatic carbocycles. The lowest BCUT2D eigenvalue weighted by Crippen LogP contribution is -2.40. The Hall–Kier alpha value is -1.43. The molecular formula is C17H18O5. The van der Waals surface area contributed by atoms with Gasteiger partial charge < -0.3 is 19.3 Å². The minimum absolute atomic E-state index is 0.00385. The van der Waals surface area contributed by atoms with Crippen molar-refractivity contribution in [3.8, 4) is 0 Å². The average Bonchev–Trinajstić information content (AvgIpc) is 3.10. The summed E-state index contributed by atoms with van der Waals surface area (Å²) in [6, 6.07) is 9.97. The van der Waals surface area contributed by atoms with Crippen molar-refractivity contribution in [1.82, 2.24) is 0 Å². The summed E-state index contributed by atoms with van der Waals surface area (Å²) in [7, 11) is 0. The molecule has 22 heavy (non-hydrogen) atoms. The molecule has 1 aromatic rings. The molecule has 0 spiro atoms. The van der Waals surface area contributed by atoms with Crippen LogP contribution in [-0.2, 0) is 25.4 Å². The summed E-state index contributed by atoms with van der Waals surface area (Å²) in [6.45, 7) is 1.83. The quantitative estimate of drug-likeness (QED) is 0.838. The van der Waals surface area contributed by atoms with Gasteiger partial charge >= 0.3 is 5.97 Å². The molecule has 7 atom stereocenters. The number of esters is 1. The molecule has 5 heteroatoms. The average molecular weight is 302 g/mol. The number of aliphatic hydroxyl groups excluding tert-OH is 1. The van der Waals surface area contributed by atoms with Crippen molar-refractivity contribution in [3.05, 3.63) is 35.9 Å². The molecule has 1 aliphatic carbocycles. The number of rotatable bonds is 2. The number of hydrogen-bond donors (Lipinski definition) is 1. The van der Waals surface area contributed by atoms with E-state index >= 15 is 0 Å². The van der Waals surface area contributed by atoms with Crippen LogP contribution >= 0.6 is 0 Å². The lowest BCUT2D eigenvalue weighted by atomic mass is 9.80. The van der Waals surface area contributed by atoms with Crippen LogP contribution in [0.4, 0.5) is 0 Å². The van der Waals surface area contributed by atoms with Crippen LogP contribution in [-0.4, -0.2) is 28.9 Å². The molecule has 1 N–H and O–H groups in total. The first-order valence-electron chi connectivity index (χ1n) is 7.85. The summed E-state index contributed by atoms with van der Waals surface area (Å²) in [5, 5.41) is 10.3. The number of carbonyl (C=O) groups excluding carboxylic acids is 1. The number of benzene rings is 1. The zero-order valence-corrected chi connectivity index (χ0v) is 12.3. The second kappa shape index (κ2) is 3.91. The van der Waals surface area contributed by atoms with Crippen molar-refractivity contribution >= 4 is 5.97 Å². The summed E-state index contributed by atoms with van der Waals surface area (Å²) in [5.74, 6) is -2.24. The van der Waals surface area contributed by atoms with Crippen molar-refractivity contribution in [2.24, 2.45) is 23.7 Å². The Morgan fingerprint density at radius 3 is 2.82 bits per heavy atom. The third-order valence-corrected chi connectivity index (χ3v) is 5.88. The maximum absolute atomic E-state index is 12.1. The van der Waals surface area contributed by atoms with Crippen molar-refractivity contribution < 1.29 is 24.1 Å². The van der Waals surface area contributed by atoms with Gasteiger partial charge in [-0.3, -0.25) is 4.79 Å². The fourth-order valence-electron chi connectivity index (χ4n) is 5.24. The van der Waals surface area contributed by atoms with E-state index in [1.807, 2.05) is 37.3 Å². The number of hydrogen-bond acceptors (Lipinski definition) is 5. The number of carbonyl (C=O) groups is 1. The van der Waals surface area contributed by atoms with Crippen LogP contribution in [0.3, 0.4) is 0 Å². The first-order chi connectivity index (χ1) is 10.5. The molecule has 5 nitrogen and oxygen atoms in total. The minimum Gasteiger partial charge on any atom is -0.433 e. The molecule has 0 unspecified atom stereocenters. The van der Waals surface area contributed by atoms with Gasteiger partial charge in [-0.25, -0.2) is 0 Å². The highest BCUT2D eigenvalue weighted by atomic mass is 16.8. The third-order valence-electron chi connectivity index (χ3n) is 5.88. The Bertz CT molecular complexity index is 646. The maximum Gasteiger partial charge on any atom is 0.312 e. The van der Waals surface area contributed by atoms with E-state index in [9.17, 15) is 9.90 Å². The first-order valence-corrected chi connectivity index (χ1v) is 7.85. The SMILES string of the molecule is C[C@]12OC(=O)[C@H]3C[C@@H]4[C@H]([C@@H]31)[C@@](Cc1ccccc1)(O[C@H]4O)O2. The molecule has 4 fully saturated rings. The predicted molar refractivity (Wildman–Crippen MR) is 74.1 cm³/mol. The van der Waals surface area contributed by atoms with E-state index in [0.29, 0.717) is 12.8 Å². The molecule has 0 bridgehead atoms. The molecule has 3 aliphatic heterocycles. The smallest absolute Gasteiger partial charge is 0.312 e.